The molecule has 0 amide bonds. The summed E-state index contributed by atoms with van der Waals surface area (Å²) in [5.41, 5.74) is 1.33. The molecule has 0 saturated heterocycles. The van der Waals surface area contributed by atoms with Gasteiger partial charge in [0.2, 0.25) is 0 Å². The predicted molar refractivity (Wildman–Crippen MR) is 84.4 cm³/mol. The standard InChI is InChI=1S/C15H22BrClO2/c1-18-8-2-9-19-10-7-14(12-16)11-13-3-5-15(17)6-4-13/h3-6,14H,2,7-12H2,1H3. The van der Waals surface area contributed by atoms with Gasteiger partial charge in [0.05, 0.1) is 0 Å². The molecule has 0 aliphatic rings. The van der Waals surface area contributed by atoms with Gasteiger partial charge in [-0.3, -0.25) is 0 Å². The lowest BCUT2D eigenvalue weighted by atomic mass is 9.98. The second-order valence-electron chi connectivity index (χ2n) is 4.60. The number of benzene rings is 1. The van der Waals surface area contributed by atoms with E-state index in [2.05, 4.69) is 28.1 Å². The van der Waals surface area contributed by atoms with Gasteiger partial charge in [-0.15, -0.1) is 0 Å². The van der Waals surface area contributed by atoms with Crippen molar-refractivity contribution in [3.05, 3.63) is 34.9 Å². The Morgan fingerprint density at radius 1 is 1.16 bits per heavy atom. The minimum Gasteiger partial charge on any atom is -0.385 e. The van der Waals surface area contributed by atoms with Crippen molar-refractivity contribution in [2.45, 2.75) is 19.3 Å². The van der Waals surface area contributed by atoms with Crippen molar-refractivity contribution in [2.24, 2.45) is 5.92 Å². The van der Waals surface area contributed by atoms with Gasteiger partial charge in [-0.05, 0) is 42.9 Å². The fourth-order valence-electron chi connectivity index (χ4n) is 1.84. The Labute approximate surface area is 129 Å². The van der Waals surface area contributed by atoms with Crippen LogP contribution in [0.15, 0.2) is 24.3 Å². The second kappa shape index (κ2) is 10.7. The molecule has 4 heteroatoms. The summed E-state index contributed by atoms with van der Waals surface area (Å²) in [5.74, 6) is 0.601. The molecule has 0 fully saturated rings. The third-order valence-electron chi connectivity index (χ3n) is 2.96. The van der Waals surface area contributed by atoms with Gasteiger partial charge in [-0.1, -0.05) is 39.7 Å². The maximum absolute atomic E-state index is 5.89. The van der Waals surface area contributed by atoms with Crippen molar-refractivity contribution in [2.75, 3.05) is 32.3 Å². The number of rotatable bonds is 10. The van der Waals surface area contributed by atoms with Crippen molar-refractivity contribution in [1.82, 2.24) is 0 Å². The van der Waals surface area contributed by atoms with Crippen LogP contribution in [0.3, 0.4) is 0 Å². The Bertz CT molecular complexity index is 329. The molecule has 0 radical (unpaired) electrons. The molecule has 0 aliphatic heterocycles. The smallest absolute Gasteiger partial charge is 0.0487 e. The van der Waals surface area contributed by atoms with E-state index in [0.29, 0.717) is 5.92 Å². The van der Waals surface area contributed by atoms with Gasteiger partial charge in [0.25, 0.3) is 0 Å². The average molecular weight is 350 g/mol. The highest BCUT2D eigenvalue weighted by Crippen LogP contribution is 2.17. The average Bonchev–Trinajstić information content (AvgIpc) is 2.43. The summed E-state index contributed by atoms with van der Waals surface area (Å²) >= 11 is 9.47. The minimum atomic E-state index is 0.601. The first-order valence-electron chi connectivity index (χ1n) is 6.63. The number of ether oxygens (including phenoxy) is 2. The first kappa shape index (κ1) is 17.0. The molecule has 0 saturated carbocycles. The lowest BCUT2D eigenvalue weighted by molar-refractivity contribution is 0.0953. The molecular formula is C15H22BrClO2. The molecule has 0 aromatic heterocycles. The molecule has 1 rings (SSSR count). The molecular weight excluding hydrogens is 328 g/mol. The van der Waals surface area contributed by atoms with Crippen LogP contribution in [0.2, 0.25) is 5.02 Å². The third kappa shape index (κ3) is 7.93. The van der Waals surface area contributed by atoms with Crippen LogP contribution in [-0.4, -0.2) is 32.3 Å². The van der Waals surface area contributed by atoms with E-state index < -0.39 is 0 Å². The summed E-state index contributed by atoms with van der Waals surface area (Å²) in [6.45, 7) is 2.37. The number of alkyl halides is 1. The van der Waals surface area contributed by atoms with Crippen LogP contribution in [0, 0.1) is 5.92 Å². The SMILES string of the molecule is COCCCOCCC(CBr)Cc1ccc(Cl)cc1. The molecule has 0 aliphatic carbocycles. The van der Waals surface area contributed by atoms with E-state index >= 15 is 0 Å². The first-order valence-corrected chi connectivity index (χ1v) is 8.13. The van der Waals surface area contributed by atoms with Crippen LogP contribution in [0.4, 0.5) is 0 Å². The Kier molecular flexibility index (Phi) is 9.52. The minimum absolute atomic E-state index is 0.601. The molecule has 1 atom stereocenters. The van der Waals surface area contributed by atoms with Crippen molar-refractivity contribution >= 4 is 27.5 Å². The summed E-state index contributed by atoms with van der Waals surface area (Å²) in [6, 6.07) is 8.09. The summed E-state index contributed by atoms with van der Waals surface area (Å²) in [4.78, 5) is 0. The molecule has 0 bridgehead atoms. The summed E-state index contributed by atoms with van der Waals surface area (Å²) in [7, 11) is 1.72. The summed E-state index contributed by atoms with van der Waals surface area (Å²) < 4.78 is 10.6. The van der Waals surface area contributed by atoms with Gasteiger partial charge < -0.3 is 9.47 Å². The van der Waals surface area contributed by atoms with Gasteiger partial charge >= 0.3 is 0 Å². The number of hydrogen-bond acceptors (Lipinski definition) is 2. The largest absolute Gasteiger partial charge is 0.385 e. The molecule has 1 aromatic carbocycles. The fourth-order valence-corrected chi connectivity index (χ4v) is 2.52. The number of methoxy groups -OCH3 is 1. The van der Waals surface area contributed by atoms with Crippen LogP contribution in [0.25, 0.3) is 0 Å². The Morgan fingerprint density at radius 2 is 1.89 bits per heavy atom. The van der Waals surface area contributed by atoms with E-state index in [4.69, 9.17) is 21.1 Å². The van der Waals surface area contributed by atoms with Crippen LogP contribution < -0.4 is 0 Å². The molecule has 0 heterocycles. The van der Waals surface area contributed by atoms with Crippen molar-refractivity contribution in [3.63, 3.8) is 0 Å². The maximum Gasteiger partial charge on any atom is 0.0487 e. The van der Waals surface area contributed by atoms with Gasteiger partial charge in [0.1, 0.15) is 0 Å². The van der Waals surface area contributed by atoms with Gasteiger partial charge in [-0.2, -0.15) is 0 Å². The van der Waals surface area contributed by atoms with Gasteiger partial charge in [0.15, 0.2) is 0 Å². The Balaban J connectivity index is 2.20. The van der Waals surface area contributed by atoms with Crippen molar-refractivity contribution < 1.29 is 9.47 Å². The number of hydrogen-bond donors (Lipinski definition) is 0. The van der Waals surface area contributed by atoms with Crippen LogP contribution >= 0.6 is 27.5 Å². The second-order valence-corrected chi connectivity index (χ2v) is 5.68. The molecule has 0 N–H and O–H groups in total. The van der Waals surface area contributed by atoms with E-state index in [9.17, 15) is 0 Å². The van der Waals surface area contributed by atoms with Crippen LogP contribution in [-0.2, 0) is 15.9 Å². The molecule has 1 unspecified atom stereocenters. The maximum atomic E-state index is 5.89. The third-order valence-corrected chi connectivity index (χ3v) is 4.13. The zero-order valence-electron chi connectivity index (χ0n) is 11.4. The zero-order chi connectivity index (χ0) is 13.9. The zero-order valence-corrected chi connectivity index (χ0v) is 13.8. The quantitative estimate of drug-likeness (QED) is 0.462. The highest BCUT2D eigenvalue weighted by atomic mass is 79.9. The van der Waals surface area contributed by atoms with Gasteiger partial charge in [0, 0.05) is 37.3 Å². The van der Waals surface area contributed by atoms with E-state index in [1.165, 1.54) is 5.56 Å². The van der Waals surface area contributed by atoms with E-state index in [-0.39, 0.29) is 0 Å². The van der Waals surface area contributed by atoms with Crippen LogP contribution in [0.1, 0.15) is 18.4 Å². The summed E-state index contributed by atoms with van der Waals surface area (Å²) in [5, 5.41) is 1.79. The van der Waals surface area contributed by atoms with E-state index in [1.807, 2.05) is 12.1 Å². The molecule has 2 nitrogen and oxygen atoms in total. The molecule has 0 spiro atoms. The predicted octanol–water partition coefficient (Wildman–Crippen LogP) is 4.34. The van der Waals surface area contributed by atoms with E-state index in [0.717, 1.165) is 49.4 Å². The highest BCUT2D eigenvalue weighted by Gasteiger charge is 2.08. The monoisotopic (exact) mass is 348 g/mol. The first-order chi connectivity index (χ1) is 9.26. The lowest BCUT2D eigenvalue weighted by Crippen LogP contribution is -2.11. The normalized spacial score (nSPS) is 12.6. The Hall–Kier alpha value is -0.0900. The Morgan fingerprint density at radius 3 is 2.53 bits per heavy atom. The molecule has 19 heavy (non-hydrogen) atoms. The topological polar surface area (TPSA) is 18.5 Å². The lowest BCUT2D eigenvalue weighted by Gasteiger charge is -2.14. The van der Waals surface area contributed by atoms with Gasteiger partial charge in [-0.25, -0.2) is 0 Å². The van der Waals surface area contributed by atoms with Crippen LogP contribution in [0.5, 0.6) is 0 Å². The van der Waals surface area contributed by atoms with Crippen molar-refractivity contribution in [1.29, 1.82) is 0 Å². The van der Waals surface area contributed by atoms with E-state index in [1.54, 1.807) is 7.11 Å². The molecule has 1 aromatic rings. The highest BCUT2D eigenvalue weighted by molar-refractivity contribution is 9.09. The molecule has 108 valence electrons. The number of halogens is 2. The van der Waals surface area contributed by atoms with Crippen molar-refractivity contribution in [3.8, 4) is 0 Å². The fraction of sp³-hybridized carbons (Fsp3) is 0.600. The summed E-state index contributed by atoms with van der Waals surface area (Å²) in [6.07, 6.45) is 3.09.